The van der Waals surface area contributed by atoms with Gasteiger partial charge in [-0.15, -0.1) is 0 Å². The zero-order valence-electron chi connectivity index (χ0n) is 26.4. The summed E-state index contributed by atoms with van der Waals surface area (Å²) in [6, 6.07) is 20.3. The lowest BCUT2D eigenvalue weighted by atomic mass is 10.0. The van der Waals surface area contributed by atoms with E-state index in [2.05, 4.69) is 26.6 Å². The van der Waals surface area contributed by atoms with Crippen LogP contribution in [0.4, 0.5) is 5.69 Å². The van der Waals surface area contributed by atoms with Crippen LogP contribution in [0.2, 0.25) is 25.7 Å². The topological polar surface area (TPSA) is 87.9 Å². The molecule has 3 aromatic carbocycles. The number of carbonyl (C=O) groups is 1. The largest absolute Gasteiger partial charge is 0.494 e. The van der Waals surface area contributed by atoms with E-state index in [0.29, 0.717) is 23.5 Å². The van der Waals surface area contributed by atoms with Gasteiger partial charge in [-0.3, -0.25) is 10.1 Å². The monoisotopic (exact) mass is 605 g/mol. The predicted octanol–water partition coefficient (Wildman–Crippen LogP) is 10.1. The molecular weight excluding hydrogens is 558 g/mol. The van der Waals surface area contributed by atoms with Crippen molar-refractivity contribution in [2.24, 2.45) is 0 Å². The van der Waals surface area contributed by atoms with Crippen LogP contribution < -0.4 is 14.2 Å². The summed E-state index contributed by atoms with van der Waals surface area (Å²) in [5, 5.41) is 11.8. The molecule has 0 bridgehead atoms. The molecule has 0 fully saturated rings. The number of nitro groups is 1. The fourth-order valence-corrected chi connectivity index (χ4v) is 6.08. The first-order valence-electron chi connectivity index (χ1n) is 15.6. The van der Waals surface area contributed by atoms with E-state index in [1.54, 1.807) is 60.7 Å². The van der Waals surface area contributed by atoms with Crippen molar-refractivity contribution in [1.82, 2.24) is 0 Å². The Morgan fingerprint density at radius 3 is 2.14 bits per heavy atom. The number of rotatable bonds is 18. The Morgan fingerprint density at radius 1 is 0.837 bits per heavy atom. The Balaban J connectivity index is 1.51. The molecule has 0 aliphatic heterocycles. The van der Waals surface area contributed by atoms with Gasteiger partial charge in [-0.05, 0) is 79.8 Å². The first-order valence-corrected chi connectivity index (χ1v) is 19.3. The summed E-state index contributed by atoms with van der Waals surface area (Å²) in [5.74, 6) is 0.928. The highest BCUT2D eigenvalue weighted by atomic mass is 28.3. The first-order chi connectivity index (χ1) is 20.6. The molecular formula is C35H47NO6Si. The molecule has 0 N–H and O–H groups in total. The first kappa shape index (κ1) is 33.8. The lowest BCUT2D eigenvalue weighted by Gasteiger charge is -2.15. The molecule has 7 nitrogen and oxygen atoms in total. The predicted molar refractivity (Wildman–Crippen MR) is 176 cm³/mol. The fraction of sp³-hybridized carbons (Fsp3) is 0.457. The average Bonchev–Trinajstić information content (AvgIpc) is 2.97. The Hall–Kier alpha value is -3.65. The van der Waals surface area contributed by atoms with Crippen molar-refractivity contribution < 1.29 is 23.9 Å². The molecule has 8 heteroatoms. The highest BCUT2D eigenvalue weighted by Gasteiger charge is 2.19. The second kappa shape index (κ2) is 16.8. The molecule has 0 spiro atoms. The molecule has 3 aromatic rings. The van der Waals surface area contributed by atoms with Crippen molar-refractivity contribution in [3.63, 3.8) is 0 Å². The third-order valence-electron chi connectivity index (χ3n) is 7.28. The molecule has 0 heterocycles. The van der Waals surface area contributed by atoms with Gasteiger partial charge in [0.2, 0.25) is 0 Å². The molecule has 1 atom stereocenters. The number of nitrogens with zero attached hydrogens (tertiary/aromatic N) is 1. The zero-order chi connectivity index (χ0) is 31.2. The van der Waals surface area contributed by atoms with Crippen LogP contribution in [-0.4, -0.2) is 31.7 Å². The summed E-state index contributed by atoms with van der Waals surface area (Å²) >= 11 is 0. The number of unbranched alkanes of at least 4 members (excludes halogenated alkanes) is 5. The number of hydrogen-bond donors (Lipinski definition) is 0. The maximum absolute atomic E-state index is 12.7. The number of hydrogen-bond acceptors (Lipinski definition) is 6. The Kier molecular flexibility index (Phi) is 13.3. The van der Waals surface area contributed by atoms with Gasteiger partial charge in [0.25, 0.3) is 0 Å². The van der Waals surface area contributed by atoms with Crippen LogP contribution in [0.5, 0.6) is 17.2 Å². The second-order valence-electron chi connectivity index (χ2n) is 12.4. The maximum Gasteiger partial charge on any atom is 0.343 e. The van der Waals surface area contributed by atoms with Crippen molar-refractivity contribution in [2.45, 2.75) is 97.0 Å². The van der Waals surface area contributed by atoms with Crippen molar-refractivity contribution in [1.29, 1.82) is 0 Å². The van der Waals surface area contributed by atoms with E-state index in [4.69, 9.17) is 14.2 Å². The minimum atomic E-state index is -0.944. The van der Waals surface area contributed by atoms with Gasteiger partial charge in [-0.1, -0.05) is 82.9 Å². The molecule has 1 unspecified atom stereocenters. The molecule has 0 radical (unpaired) electrons. The third-order valence-corrected chi connectivity index (χ3v) is 9.13. The quantitative estimate of drug-likeness (QED) is 0.0358. The molecule has 0 saturated carbocycles. The van der Waals surface area contributed by atoms with Crippen molar-refractivity contribution in [3.8, 4) is 28.4 Å². The van der Waals surface area contributed by atoms with Crippen molar-refractivity contribution in [3.05, 3.63) is 82.4 Å². The lowest BCUT2D eigenvalue weighted by molar-refractivity contribution is -0.386. The van der Waals surface area contributed by atoms with E-state index in [1.807, 2.05) is 6.92 Å². The molecule has 0 saturated heterocycles. The van der Waals surface area contributed by atoms with Crippen molar-refractivity contribution >= 4 is 19.7 Å². The molecule has 43 heavy (non-hydrogen) atoms. The van der Waals surface area contributed by atoms with E-state index in [-0.39, 0.29) is 17.5 Å². The average molecular weight is 606 g/mol. The van der Waals surface area contributed by atoms with Gasteiger partial charge in [0.1, 0.15) is 11.5 Å². The molecule has 0 aliphatic carbocycles. The SMILES string of the molecule is CCCCCC(C)Oc1ccc(-c2ccc(OC(=O)c3ccc(OCCCCCC[Si](C)(C)C)cc3)cc2)cc1[N+](=O)[O-]. The molecule has 3 rings (SSSR count). The van der Waals surface area contributed by atoms with Crippen LogP contribution in [-0.2, 0) is 0 Å². The van der Waals surface area contributed by atoms with Crippen LogP contribution in [0, 0.1) is 10.1 Å². The molecule has 0 amide bonds. The Bertz CT molecular complexity index is 1300. The van der Waals surface area contributed by atoms with Gasteiger partial charge in [0, 0.05) is 14.1 Å². The van der Waals surface area contributed by atoms with Crippen LogP contribution in [0.3, 0.4) is 0 Å². The Morgan fingerprint density at radius 2 is 1.49 bits per heavy atom. The summed E-state index contributed by atoms with van der Waals surface area (Å²) in [5.41, 5.74) is 1.80. The van der Waals surface area contributed by atoms with E-state index < -0.39 is 19.0 Å². The minimum absolute atomic E-state index is 0.0692. The molecule has 232 valence electrons. The van der Waals surface area contributed by atoms with Crippen LogP contribution in [0.25, 0.3) is 11.1 Å². The van der Waals surface area contributed by atoms with Gasteiger partial charge in [0.05, 0.1) is 23.2 Å². The maximum atomic E-state index is 12.7. The van der Waals surface area contributed by atoms with Crippen LogP contribution in [0.1, 0.15) is 75.6 Å². The Labute approximate surface area is 257 Å². The van der Waals surface area contributed by atoms with Crippen molar-refractivity contribution in [2.75, 3.05) is 6.61 Å². The number of carbonyl (C=O) groups excluding carboxylic acids is 1. The highest BCUT2D eigenvalue weighted by Crippen LogP contribution is 2.34. The lowest BCUT2D eigenvalue weighted by Crippen LogP contribution is -2.18. The van der Waals surface area contributed by atoms with E-state index in [0.717, 1.165) is 43.4 Å². The summed E-state index contributed by atoms with van der Waals surface area (Å²) in [7, 11) is -0.944. The highest BCUT2D eigenvalue weighted by molar-refractivity contribution is 6.76. The summed E-state index contributed by atoms with van der Waals surface area (Å²) in [6.07, 6.45) is 8.74. The van der Waals surface area contributed by atoms with Crippen LogP contribution in [0.15, 0.2) is 66.7 Å². The van der Waals surface area contributed by atoms with E-state index >= 15 is 0 Å². The zero-order valence-corrected chi connectivity index (χ0v) is 27.4. The normalized spacial score (nSPS) is 12.0. The van der Waals surface area contributed by atoms with Gasteiger partial charge in [-0.25, -0.2) is 4.79 Å². The van der Waals surface area contributed by atoms with E-state index in [9.17, 15) is 14.9 Å². The van der Waals surface area contributed by atoms with E-state index in [1.165, 1.54) is 31.4 Å². The number of benzene rings is 3. The molecule has 0 aromatic heterocycles. The summed E-state index contributed by atoms with van der Waals surface area (Å²) < 4.78 is 17.3. The molecule has 0 aliphatic rings. The second-order valence-corrected chi connectivity index (χ2v) is 18.0. The van der Waals surface area contributed by atoms with Crippen LogP contribution >= 0.6 is 0 Å². The smallest absolute Gasteiger partial charge is 0.343 e. The standard InChI is InChI=1S/C35H47NO6Si/c1-6-7-10-13-27(2)41-34-23-18-30(26-33(34)36(38)39)28-14-21-32(22-15-28)42-35(37)29-16-19-31(20-17-29)40-24-11-8-9-12-25-43(3,4)5/h14-23,26-27H,6-13,24-25H2,1-5H3. The van der Waals surface area contributed by atoms with Gasteiger partial charge >= 0.3 is 11.7 Å². The summed E-state index contributed by atoms with van der Waals surface area (Å²) in [6.45, 7) is 12.0. The number of ether oxygens (including phenoxy) is 3. The summed E-state index contributed by atoms with van der Waals surface area (Å²) in [4.78, 5) is 24.0. The van der Waals surface area contributed by atoms with Gasteiger partial charge in [-0.2, -0.15) is 0 Å². The number of esters is 1. The number of nitro benzene ring substituents is 1. The van der Waals surface area contributed by atoms with Gasteiger partial charge < -0.3 is 14.2 Å². The minimum Gasteiger partial charge on any atom is -0.494 e. The van der Waals surface area contributed by atoms with Gasteiger partial charge in [0.15, 0.2) is 5.75 Å². The fourth-order valence-electron chi connectivity index (χ4n) is 4.77. The third kappa shape index (κ3) is 11.9.